The molecule has 1 atom stereocenters. The molecular formula is C18H21N5O4S. The molecule has 0 fully saturated rings. The lowest BCUT2D eigenvalue weighted by atomic mass is 10.1. The topological polar surface area (TPSA) is 118 Å². The number of carbonyl (C=O) groups is 2. The molecule has 10 heteroatoms. The number of nitrogens with one attached hydrogen (secondary N) is 3. The average Bonchev–Trinajstić information content (AvgIpc) is 3.15. The minimum absolute atomic E-state index is 0.259. The summed E-state index contributed by atoms with van der Waals surface area (Å²) in [6.45, 7) is 3.74. The summed E-state index contributed by atoms with van der Waals surface area (Å²) in [5, 5.41) is 12.9. The van der Waals surface area contributed by atoms with E-state index in [1.807, 2.05) is 24.3 Å². The van der Waals surface area contributed by atoms with E-state index in [1.165, 1.54) is 11.8 Å². The first kappa shape index (κ1) is 19.7. The Bertz CT molecular complexity index is 894. The van der Waals surface area contributed by atoms with Gasteiger partial charge in [-0.2, -0.15) is 0 Å². The van der Waals surface area contributed by atoms with Crippen LogP contribution in [0.5, 0.6) is 5.75 Å². The number of aromatic amines is 1. The number of methoxy groups -OCH3 is 1. The molecule has 1 aliphatic heterocycles. The van der Waals surface area contributed by atoms with Crippen molar-refractivity contribution in [1.82, 2.24) is 25.8 Å². The van der Waals surface area contributed by atoms with E-state index in [-0.39, 0.29) is 12.6 Å². The maximum absolute atomic E-state index is 12.3. The number of hydrogen-bond acceptors (Lipinski definition) is 7. The van der Waals surface area contributed by atoms with Crippen molar-refractivity contribution < 1.29 is 19.1 Å². The maximum atomic E-state index is 12.3. The molecule has 0 radical (unpaired) electrons. The number of thioether (sulfide) groups is 1. The van der Waals surface area contributed by atoms with Gasteiger partial charge in [0, 0.05) is 17.0 Å². The van der Waals surface area contributed by atoms with Crippen molar-refractivity contribution in [2.24, 2.45) is 0 Å². The van der Waals surface area contributed by atoms with Gasteiger partial charge in [-0.3, -0.25) is 5.10 Å². The van der Waals surface area contributed by atoms with Crippen LogP contribution in [0, 0.1) is 0 Å². The number of benzene rings is 1. The predicted molar refractivity (Wildman–Crippen MR) is 104 cm³/mol. The number of hydrogen-bond donors (Lipinski definition) is 3. The van der Waals surface area contributed by atoms with Gasteiger partial charge in [-0.05, 0) is 38.1 Å². The molecule has 3 N–H and O–H groups in total. The molecule has 0 saturated heterocycles. The van der Waals surface area contributed by atoms with Gasteiger partial charge in [-0.1, -0.05) is 11.8 Å². The van der Waals surface area contributed by atoms with E-state index >= 15 is 0 Å². The van der Waals surface area contributed by atoms with E-state index in [0.29, 0.717) is 28.0 Å². The second-order valence-electron chi connectivity index (χ2n) is 5.92. The molecule has 0 aliphatic carbocycles. The largest absolute Gasteiger partial charge is 0.497 e. The highest BCUT2D eigenvalue weighted by Crippen LogP contribution is 2.24. The molecule has 2 aromatic rings. The lowest BCUT2D eigenvalue weighted by Crippen LogP contribution is -2.49. The highest BCUT2D eigenvalue weighted by atomic mass is 32.2. The van der Waals surface area contributed by atoms with E-state index < -0.39 is 12.0 Å². The number of urea groups is 1. The van der Waals surface area contributed by atoms with Crippen LogP contribution < -0.4 is 15.4 Å². The maximum Gasteiger partial charge on any atom is 0.337 e. The van der Waals surface area contributed by atoms with E-state index in [2.05, 4.69) is 25.8 Å². The number of carbonyl (C=O) groups excluding carboxylic acids is 2. The lowest BCUT2D eigenvalue weighted by molar-refractivity contribution is -0.138. The van der Waals surface area contributed by atoms with Crippen LogP contribution in [-0.2, 0) is 9.53 Å². The zero-order valence-corrected chi connectivity index (χ0v) is 16.6. The molecule has 0 saturated carbocycles. The SMILES string of the molecule is CCOC(=O)C1=C(CSc2n[nH]c(-c3ccc(OC)cc3)n2)NC(=O)N[C@H]1C. The third-order valence-electron chi connectivity index (χ3n) is 4.04. The predicted octanol–water partition coefficient (Wildman–Crippen LogP) is 2.09. The third-order valence-corrected chi connectivity index (χ3v) is 4.91. The first-order valence-electron chi connectivity index (χ1n) is 8.69. The van der Waals surface area contributed by atoms with Crippen LogP contribution in [0.2, 0.25) is 0 Å². The van der Waals surface area contributed by atoms with Crippen LogP contribution in [-0.4, -0.2) is 52.7 Å². The van der Waals surface area contributed by atoms with Gasteiger partial charge < -0.3 is 20.1 Å². The van der Waals surface area contributed by atoms with Gasteiger partial charge in [0.25, 0.3) is 0 Å². The van der Waals surface area contributed by atoms with Crippen molar-refractivity contribution in [2.75, 3.05) is 19.5 Å². The molecule has 28 heavy (non-hydrogen) atoms. The Balaban J connectivity index is 1.74. The number of ether oxygens (including phenoxy) is 2. The lowest BCUT2D eigenvalue weighted by Gasteiger charge is -2.26. The fraction of sp³-hybridized carbons (Fsp3) is 0.333. The van der Waals surface area contributed by atoms with Gasteiger partial charge in [0.2, 0.25) is 5.16 Å². The van der Waals surface area contributed by atoms with E-state index in [9.17, 15) is 9.59 Å². The zero-order chi connectivity index (χ0) is 20.1. The molecule has 9 nitrogen and oxygen atoms in total. The van der Waals surface area contributed by atoms with Crippen LogP contribution in [0.15, 0.2) is 40.7 Å². The van der Waals surface area contributed by atoms with Crippen molar-refractivity contribution in [3.63, 3.8) is 0 Å². The summed E-state index contributed by atoms with van der Waals surface area (Å²) in [7, 11) is 1.61. The van der Waals surface area contributed by atoms with Gasteiger partial charge >= 0.3 is 12.0 Å². The van der Waals surface area contributed by atoms with Gasteiger partial charge in [-0.25, -0.2) is 14.6 Å². The van der Waals surface area contributed by atoms with E-state index in [0.717, 1.165) is 11.3 Å². The third kappa shape index (κ3) is 4.45. The number of amides is 2. The Kier molecular flexibility index (Phi) is 6.19. The molecule has 3 rings (SSSR count). The summed E-state index contributed by atoms with van der Waals surface area (Å²) in [6, 6.07) is 6.64. The first-order valence-corrected chi connectivity index (χ1v) is 9.67. The second kappa shape index (κ2) is 8.79. The minimum Gasteiger partial charge on any atom is -0.497 e. The molecule has 0 unspecified atom stereocenters. The molecule has 1 aliphatic rings. The van der Waals surface area contributed by atoms with Crippen LogP contribution in [0.4, 0.5) is 4.79 Å². The van der Waals surface area contributed by atoms with E-state index in [1.54, 1.807) is 21.0 Å². The molecule has 1 aromatic carbocycles. The minimum atomic E-state index is -0.452. The number of rotatable bonds is 7. The number of nitrogens with zero attached hydrogens (tertiary/aromatic N) is 2. The number of H-pyrrole nitrogens is 1. The highest BCUT2D eigenvalue weighted by molar-refractivity contribution is 7.99. The number of aromatic nitrogens is 3. The summed E-state index contributed by atoms with van der Waals surface area (Å²) in [5.74, 6) is 1.25. The zero-order valence-electron chi connectivity index (χ0n) is 15.7. The summed E-state index contributed by atoms with van der Waals surface area (Å²) < 4.78 is 10.3. The van der Waals surface area contributed by atoms with Crippen molar-refractivity contribution in [3.8, 4) is 17.1 Å². The standard InChI is InChI=1S/C18H21N5O4S/c1-4-27-16(24)14-10(2)19-17(25)20-13(14)9-28-18-21-15(22-23-18)11-5-7-12(26-3)8-6-11/h5-8,10H,4,9H2,1-3H3,(H2,19,20,25)(H,21,22,23)/t10-/m0/s1. The quantitative estimate of drug-likeness (QED) is 0.478. The fourth-order valence-electron chi connectivity index (χ4n) is 2.72. The summed E-state index contributed by atoms with van der Waals surface area (Å²) in [6.07, 6.45) is 0. The van der Waals surface area contributed by atoms with Crippen molar-refractivity contribution >= 4 is 23.8 Å². The van der Waals surface area contributed by atoms with Crippen LogP contribution in [0.1, 0.15) is 13.8 Å². The van der Waals surface area contributed by atoms with Gasteiger partial charge in [0.15, 0.2) is 5.82 Å². The summed E-state index contributed by atoms with van der Waals surface area (Å²) in [5.41, 5.74) is 1.77. The molecule has 0 bridgehead atoms. The van der Waals surface area contributed by atoms with Gasteiger partial charge in [0.05, 0.1) is 25.3 Å². The average molecular weight is 403 g/mol. The summed E-state index contributed by atoms with van der Waals surface area (Å²) >= 11 is 1.31. The van der Waals surface area contributed by atoms with Crippen molar-refractivity contribution in [1.29, 1.82) is 0 Å². The van der Waals surface area contributed by atoms with Gasteiger partial charge in [-0.15, -0.1) is 5.10 Å². The Morgan fingerprint density at radius 2 is 2.04 bits per heavy atom. The van der Waals surface area contributed by atoms with E-state index in [4.69, 9.17) is 9.47 Å². The second-order valence-corrected chi connectivity index (χ2v) is 6.86. The molecule has 148 valence electrons. The highest BCUT2D eigenvalue weighted by Gasteiger charge is 2.29. The molecule has 2 heterocycles. The Hall–Kier alpha value is -3.01. The smallest absolute Gasteiger partial charge is 0.337 e. The normalized spacial score (nSPS) is 16.4. The Morgan fingerprint density at radius 1 is 1.29 bits per heavy atom. The molecule has 2 amide bonds. The fourth-order valence-corrected chi connectivity index (χ4v) is 3.49. The molecule has 0 spiro atoms. The first-order chi connectivity index (χ1) is 13.5. The molecule has 1 aromatic heterocycles. The Morgan fingerprint density at radius 3 is 2.71 bits per heavy atom. The number of esters is 1. The monoisotopic (exact) mass is 403 g/mol. The molecular weight excluding hydrogens is 382 g/mol. The van der Waals surface area contributed by atoms with Crippen molar-refractivity contribution in [2.45, 2.75) is 25.0 Å². The van der Waals surface area contributed by atoms with Gasteiger partial charge in [0.1, 0.15) is 5.75 Å². The van der Waals surface area contributed by atoms with Crippen LogP contribution in [0.3, 0.4) is 0 Å². The summed E-state index contributed by atoms with van der Waals surface area (Å²) in [4.78, 5) is 28.5. The van der Waals surface area contributed by atoms with Crippen LogP contribution >= 0.6 is 11.8 Å². The Labute approximate surface area is 166 Å². The van der Waals surface area contributed by atoms with Crippen molar-refractivity contribution in [3.05, 3.63) is 35.5 Å². The van der Waals surface area contributed by atoms with Crippen LogP contribution in [0.25, 0.3) is 11.4 Å².